The van der Waals surface area contributed by atoms with E-state index in [9.17, 15) is 8.42 Å². The van der Waals surface area contributed by atoms with Crippen molar-refractivity contribution in [1.82, 2.24) is 9.78 Å². The average Bonchev–Trinajstić information content (AvgIpc) is 2.76. The first-order valence-electron chi connectivity index (χ1n) is 6.49. The third-order valence-corrected chi connectivity index (χ3v) is 4.14. The van der Waals surface area contributed by atoms with E-state index in [0.29, 0.717) is 12.2 Å². The van der Waals surface area contributed by atoms with E-state index < -0.39 is 10.0 Å². The maximum Gasteiger partial charge on any atom is 0.240 e. The van der Waals surface area contributed by atoms with E-state index in [2.05, 4.69) is 10.4 Å². The highest BCUT2D eigenvalue weighted by Crippen LogP contribution is 2.26. The summed E-state index contributed by atoms with van der Waals surface area (Å²) in [6.45, 7) is 2.54. The van der Waals surface area contributed by atoms with E-state index in [1.807, 2.05) is 20.2 Å². The first-order valence-corrected chi connectivity index (χ1v) is 8.04. The van der Waals surface area contributed by atoms with Crippen molar-refractivity contribution in [2.24, 2.45) is 12.2 Å². The Bertz CT molecular complexity index is 752. The number of aromatic nitrogens is 2. The Labute approximate surface area is 124 Å². The number of rotatable bonds is 5. The van der Waals surface area contributed by atoms with Gasteiger partial charge >= 0.3 is 0 Å². The largest absolute Gasteiger partial charge is 0.396 e. The molecule has 0 atom stereocenters. The molecule has 0 radical (unpaired) electrons. The Hall–Kier alpha value is -2.06. The van der Waals surface area contributed by atoms with Gasteiger partial charge in [0.2, 0.25) is 10.0 Å². The van der Waals surface area contributed by atoms with E-state index in [4.69, 9.17) is 10.9 Å². The lowest BCUT2D eigenvalue weighted by molar-refractivity contribution is 0.598. The van der Waals surface area contributed by atoms with Crippen LogP contribution in [0.15, 0.2) is 29.3 Å². The van der Waals surface area contributed by atoms with Crippen LogP contribution in [-0.2, 0) is 30.0 Å². The van der Waals surface area contributed by atoms with Gasteiger partial charge < -0.3 is 11.1 Å². The van der Waals surface area contributed by atoms with Crippen LogP contribution in [0.1, 0.15) is 18.2 Å². The molecule has 0 amide bonds. The van der Waals surface area contributed by atoms with Crippen molar-refractivity contribution in [3.63, 3.8) is 0 Å². The van der Waals surface area contributed by atoms with Crippen LogP contribution in [-0.4, -0.2) is 18.2 Å². The van der Waals surface area contributed by atoms with Crippen LogP contribution < -0.4 is 16.2 Å². The zero-order valence-electron chi connectivity index (χ0n) is 12.0. The Morgan fingerprint density at radius 3 is 2.71 bits per heavy atom. The molecule has 2 rings (SSSR count). The Balaban J connectivity index is 2.25. The Kier molecular flexibility index (Phi) is 4.19. The first kappa shape index (κ1) is 15.3. The molecule has 0 saturated carbocycles. The number of hydrogen-bond acceptors (Lipinski definition) is 5. The highest BCUT2D eigenvalue weighted by atomic mass is 32.2. The second kappa shape index (κ2) is 5.74. The molecule has 0 aliphatic carbocycles. The summed E-state index contributed by atoms with van der Waals surface area (Å²) in [6, 6.07) is 4.70. The number of nitrogen functional groups attached to an aromatic ring is 1. The van der Waals surface area contributed by atoms with Crippen LogP contribution in [0.3, 0.4) is 0 Å². The molecular weight excluding hydrogens is 290 g/mol. The summed E-state index contributed by atoms with van der Waals surface area (Å²) in [5.41, 5.74) is 8.56. The normalized spacial score (nSPS) is 11.6. The molecule has 0 saturated heterocycles. The Morgan fingerprint density at radius 1 is 1.38 bits per heavy atom. The summed E-state index contributed by atoms with van der Waals surface area (Å²) < 4.78 is 24.6. The number of nitrogens with two attached hydrogens (primary N) is 2. The van der Waals surface area contributed by atoms with Crippen molar-refractivity contribution in [1.29, 1.82) is 0 Å². The maximum absolute atomic E-state index is 11.4. The van der Waals surface area contributed by atoms with Crippen molar-refractivity contribution in [3.8, 4) is 0 Å². The third-order valence-electron chi connectivity index (χ3n) is 3.17. The lowest BCUT2D eigenvalue weighted by atomic mass is 10.2. The van der Waals surface area contributed by atoms with Crippen molar-refractivity contribution in [2.75, 3.05) is 11.1 Å². The Morgan fingerprint density at radius 2 is 2.10 bits per heavy atom. The highest BCUT2D eigenvalue weighted by Gasteiger charge is 2.15. The molecule has 0 aliphatic heterocycles. The number of anilines is 2. The van der Waals surface area contributed by atoms with E-state index in [1.54, 1.807) is 16.8 Å². The van der Waals surface area contributed by atoms with Crippen molar-refractivity contribution in [3.05, 3.63) is 35.7 Å². The maximum atomic E-state index is 11.4. The first-order chi connectivity index (χ1) is 9.82. The van der Waals surface area contributed by atoms with Gasteiger partial charge in [-0.3, -0.25) is 4.68 Å². The topological polar surface area (TPSA) is 116 Å². The molecule has 2 aromatic rings. The number of benzene rings is 1. The number of nitrogens with one attached hydrogen (secondary N) is 1. The molecule has 1 heterocycles. The zero-order chi connectivity index (χ0) is 15.6. The van der Waals surface area contributed by atoms with Crippen molar-refractivity contribution >= 4 is 21.4 Å². The van der Waals surface area contributed by atoms with E-state index >= 15 is 0 Å². The lowest BCUT2D eigenvalue weighted by Crippen LogP contribution is -2.15. The fourth-order valence-corrected chi connectivity index (χ4v) is 2.85. The van der Waals surface area contributed by atoms with Crippen LogP contribution in [0, 0.1) is 0 Å². The molecule has 0 bridgehead atoms. The molecule has 114 valence electrons. The van der Waals surface area contributed by atoms with Gasteiger partial charge in [-0.15, -0.1) is 0 Å². The molecular formula is C13H19N5O2S. The summed E-state index contributed by atoms with van der Waals surface area (Å²) in [7, 11) is -1.97. The quantitative estimate of drug-likeness (QED) is 0.707. The van der Waals surface area contributed by atoms with Gasteiger partial charge in [-0.1, -0.05) is 13.0 Å². The summed E-state index contributed by atoms with van der Waals surface area (Å²) in [6.07, 6.45) is 2.75. The van der Waals surface area contributed by atoms with E-state index in [0.717, 1.165) is 17.7 Å². The van der Waals surface area contributed by atoms with Gasteiger partial charge in [0.05, 0.1) is 17.1 Å². The number of hydrogen-bond donors (Lipinski definition) is 3. The average molecular weight is 309 g/mol. The van der Waals surface area contributed by atoms with Crippen molar-refractivity contribution in [2.45, 2.75) is 24.8 Å². The third kappa shape index (κ3) is 3.34. The number of para-hydroxylation sites is 1. The predicted octanol–water partition coefficient (Wildman–Crippen LogP) is 0.824. The molecule has 0 aliphatic rings. The standard InChI is InChI=1S/C13H19N5O2S/c1-3-10-9(8-18(2)17-10)7-16-11-5-4-6-12(13(11)14)21(15,19)20/h4-6,8,16H,3,7,14H2,1-2H3,(H2,15,19,20). The molecule has 1 aromatic heterocycles. The minimum absolute atomic E-state index is 0.0746. The lowest BCUT2D eigenvalue weighted by Gasteiger charge is -2.11. The van der Waals surface area contributed by atoms with Crippen LogP contribution in [0.4, 0.5) is 11.4 Å². The molecule has 5 N–H and O–H groups in total. The molecule has 0 unspecified atom stereocenters. The molecule has 0 fully saturated rings. The second-order valence-corrected chi connectivity index (χ2v) is 6.27. The smallest absolute Gasteiger partial charge is 0.240 e. The molecule has 8 heteroatoms. The van der Waals surface area contributed by atoms with Crippen LogP contribution in [0.25, 0.3) is 0 Å². The molecule has 7 nitrogen and oxygen atoms in total. The SMILES string of the molecule is CCc1nn(C)cc1CNc1cccc(S(N)(=O)=O)c1N. The van der Waals surface area contributed by atoms with Crippen LogP contribution >= 0.6 is 0 Å². The predicted molar refractivity (Wildman–Crippen MR) is 82.1 cm³/mol. The second-order valence-electron chi connectivity index (χ2n) is 4.74. The fraction of sp³-hybridized carbons (Fsp3) is 0.308. The number of primary sulfonamides is 1. The molecule has 0 spiro atoms. The van der Waals surface area contributed by atoms with Gasteiger partial charge in [0.15, 0.2) is 0 Å². The van der Waals surface area contributed by atoms with Crippen LogP contribution in [0.5, 0.6) is 0 Å². The monoisotopic (exact) mass is 309 g/mol. The summed E-state index contributed by atoms with van der Waals surface area (Å²) in [5.74, 6) is 0. The minimum atomic E-state index is -3.83. The van der Waals surface area contributed by atoms with Gasteiger partial charge in [0.25, 0.3) is 0 Å². The fourth-order valence-electron chi connectivity index (χ4n) is 2.17. The summed E-state index contributed by atoms with van der Waals surface area (Å²) in [5, 5.41) is 12.6. The van der Waals surface area contributed by atoms with Crippen LogP contribution in [0.2, 0.25) is 0 Å². The summed E-state index contributed by atoms with van der Waals surface area (Å²) >= 11 is 0. The molecule has 1 aromatic carbocycles. The van der Waals surface area contributed by atoms with Gasteiger partial charge in [-0.05, 0) is 18.6 Å². The molecule has 21 heavy (non-hydrogen) atoms. The van der Waals surface area contributed by atoms with Gasteiger partial charge in [0, 0.05) is 25.4 Å². The van der Waals surface area contributed by atoms with Gasteiger partial charge in [-0.2, -0.15) is 5.10 Å². The van der Waals surface area contributed by atoms with E-state index in [-0.39, 0.29) is 10.6 Å². The number of aryl methyl sites for hydroxylation is 2. The minimum Gasteiger partial charge on any atom is -0.396 e. The summed E-state index contributed by atoms with van der Waals surface area (Å²) in [4.78, 5) is -0.0746. The van der Waals surface area contributed by atoms with Gasteiger partial charge in [-0.25, -0.2) is 13.6 Å². The highest BCUT2D eigenvalue weighted by molar-refractivity contribution is 7.89. The number of nitrogens with zero attached hydrogens (tertiary/aromatic N) is 2. The van der Waals surface area contributed by atoms with Gasteiger partial charge in [0.1, 0.15) is 4.90 Å². The van der Waals surface area contributed by atoms with Crippen molar-refractivity contribution < 1.29 is 8.42 Å². The zero-order valence-corrected chi connectivity index (χ0v) is 12.8. The number of sulfonamides is 1. The van der Waals surface area contributed by atoms with E-state index in [1.165, 1.54) is 6.07 Å².